The van der Waals surface area contributed by atoms with Crippen LogP contribution in [0.15, 0.2) is 12.2 Å². The lowest BCUT2D eigenvalue weighted by Crippen LogP contribution is -2.46. The molecule has 0 fully saturated rings. The van der Waals surface area contributed by atoms with Gasteiger partial charge in [-0.05, 0) is 51.4 Å². The van der Waals surface area contributed by atoms with Crippen molar-refractivity contribution in [3.05, 3.63) is 12.2 Å². The van der Waals surface area contributed by atoms with Crippen LogP contribution < -0.4 is 5.32 Å². The molecular formula is C52H101NO5. The average Bonchev–Trinajstić information content (AvgIpc) is 3.22. The number of aliphatic hydroxyl groups is 2. The third-order valence-corrected chi connectivity index (χ3v) is 12.1. The number of amides is 1. The van der Waals surface area contributed by atoms with Gasteiger partial charge in [-0.15, -0.1) is 0 Å². The van der Waals surface area contributed by atoms with Crippen LogP contribution in [0.4, 0.5) is 0 Å². The molecule has 0 aliphatic rings. The molecular weight excluding hydrogens is 719 g/mol. The molecule has 0 aliphatic carbocycles. The van der Waals surface area contributed by atoms with Crippen molar-refractivity contribution in [2.24, 2.45) is 0 Å². The second-order valence-electron chi connectivity index (χ2n) is 17.9. The summed E-state index contributed by atoms with van der Waals surface area (Å²) in [5.74, 6) is -0.476. The van der Waals surface area contributed by atoms with Gasteiger partial charge in [-0.2, -0.15) is 0 Å². The molecule has 58 heavy (non-hydrogen) atoms. The SMILES string of the molecule is CCCCCCCCC/C=C\CCCCCC(=O)OC(CCCCCCCCCCCCCCCCC)CC(=O)NC(CO)C(O)CCCCCCCCCCCC. The fraction of sp³-hybridized carbons (Fsp3) is 0.923. The number of hydrogen-bond acceptors (Lipinski definition) is 5. The zero-order valence-corrected chi connectivity index (χ0v) is 39.2. The summed E-state index contributed by atoms with van der Waals surface area (Å²) in [6.45, 7) is 6.49. The topological polar surface area (TPSA) is 95.9 Å². The van der Waals surface area contributed by atoms with E-state index in [-0.39, 0.29) is 24.9 Å². The number of aliphatic hydroxyl groups excluding tert-OH is 2. The Balaban J connectivity index is 4.56. The first kappa shape index (κ1) is 56.6. The van der Waals surface area contributed by atoms with Crippen LogP contribution >= 0.6 is 0 Å². The predicted octanol–water partition coefficient (Wildman–Crippen LogP) is 15.3. The number of carbonyl (C=O) groups excluding carboxylic acids is 2. The highest BCUT2D eigenvalue weighted by Gasteiger charge is 2.24. The van der Waals surface area contributed by atoms with Gasteiger partial charge in [0.1, 0.15) is 6.10 Å². The first-order valence-electron chi connectivity index (χ1n) is 25.9. The predicted molar refractivity (Wildman–Crippen MR) is 250 cm³/mol. The Morgan fingerprint density at radius 1 is 0.483 bits per heavy atom. The van der Waals surface area contributed by atoms with Crippen LogP contribution in [0.25, 0.3) is 0 Å². The van der Waals surface area contributed by atoms with Crippen LogP contribution in [0, 0.1) is 0 Å². The van der Waals surface area contributed by atoms with E-state index in [0.29, 0.717) is 19.3 Å². The minimum absolute atomic E-state index is 0.0787. The number of rotatable bonds is 47. The van der Waals surface area contributed by atoms with E-state index in [1.54, 1.807) is 0 Å². The maximum absolute atomic E-state index is 13.2. The van der Waals surface area contributed by atoms with Gasteiger partial charge in [-0.1, -0.05) is 232 Å². The first-order chi connectivity index (χ1) is 28.5. The number of nitrogens with one attached hydrogen (secondary N) is 1. The summed E-state index contributed by atoms with van der Waals surface area (Å²) in [6.07, 6.45) is 51.3. The van der Waals surface area contributed by atoms with Gasteiger partial charge in [-0.3, -0.25) is 9.59 Å². The largest absolute Gasteiger partial charge is 0.462 e. The molecule has 0 spiro atoms. The lowest BCUT2D eigenvalue weighted by atomic mass is 10.0. The molecule has 0 aromatic carbocycles. The second kappa shape index (κ2) is 46.7. The maximum Gasteiger partial charge on any atom is 0.306 e. The van der Waals surface area contributed by atoms with E-state index in [2.05, 4.69) is 38.2 Å². The fourth-order valence-electron chi connectivity index (χ4n) is 8.13. The number of allylic oxidation sites excluding steroid dienone is 2. The van der Waals surface area contributed by atoms with Crippen LogP contribution in [0.1, 0.15) is 284 Å². The van der Waals surface area contributed by atoms with E-state index in [0.717, 1.165) is 51.4 Å². The van der Waals surface area contributed by atoms with Crippen LogP contribution in [-0.2, 0) is 14.3 Å². The van der Waals surface area contributed by atoms with Gasteiger partial charge in [0.15, 0.2) is 0 Å². The van der Waals surface area contributed by atoms with E-state index in [1.165, 1.54) is 186 Å². The first-order valence-corrected chi connectivity index (χ1v) is 25.9. The Morgan fingerprint density at radius 2 is 0.828 bits per heavy atom. The molecule has 0 heterocycles. The van der Waals surface area contributed by atoms with E-state index in [1.807, 2.05) is 0 Å². The highest BCUT2D eigenvalue weighted by Crippen LogP contribution is 2.18. The molecule has 0 bridgehead atoms. The standard InChI is InChI=1S/C52H101NO5/c1-4-7-10-13-16-19-22-24-26-27-29-31-34-37-40-43-48(58-52(57)45-42-39-36-33-30-28-25-23-20-17-14-11-8-5-2)46-51(56)53-49(47-54)50(55)44-41-38-35-32-21-18-15-12-9-6-3/h28,30,48-50,54-55H,4-27,29,31-47H2,1-3H3,(H,53,56)/b30-28-. The Morgan fingerprint density at radius 3 is 1.22 bits per heavy atom. The van der Waals surface area contributed by atoms with Gasteiger partial charge in [0.25, 0.3) is 0 Å². The summed E-state index contributed by atoms with van der Waals surface area (Å²) < 4.78 is 5.93. The van der Waals surface area contributed by atoms with Crippen molar-refractivity contribution in [3.8, 4) is 0 Å². The van der Waals surface area contributed by atoms with Crippen LogP contribution in [0.3, 0.4) is 0 Å². The zero-order valence-electron chi connectivity index (χ0n) is 39.2. The summed E-state index contributed by atoms with van der Waals surface area (Å²) in [4.78, 5) is 26.1. The van der Waals surface area contributed by atoms with Crippen LogP contribution in [0.5, 0.6) is 0 Å². The third kappa shape index (κ3) is 41.3. The summed E-state index contributed by atoms with van der Waals surface area (Å²) >= 11 is 0. The van der Waals surface area contributed by atoms with E-state index in [9.17, 15) is 19.8 Å². The van der Waals surface area contributed by atoms with Gasteiger partial charge in [0.2, 0.25) is 5.91 Å². The van der Waals surface area contributed by atoms with Crippen molar-refractivity contribution in [3.63, 3.8) is 0 Å². The zero-order chi connectivity index (χ0) is 42.4. The summed E-state index contributed by atoms with van der Waals surface area (Å²) in [5, 5.41) is 23.7. The number of esters is 1. The van der Waals surface area contributed by atoms with Gasteiger partial charge in [-0.25, -0.2) is 0 Å². The lowest BCUT2D eigenvalue weighted by molar-refractivity contribution is -0.151. The third-order valence-electron chi connectivity index (χ3n) is 12.1. The van der Waals surface area contributed by atoms with Gasteiger partial charge < -0.3 is 20.3 Å². The minimum Gasteiger partial charge on any atom is -0.462 e. The number of unbranched alkanes of at least 4 members (excludes halogenated alkanes) is 33. The lowest BCUT2D eigenvalue weighted by Gasteiger charge is -2.24. The quantitative estimate of drug-likeness (QED) is 0.0323. The maximum atomic E-state index is 13.2. The highest BCUT2D eigenvalue weighted by molar-refractivity contribution is 5.77. The molecule has 0 aliphatic heterocycles. The van der Waals surface area contributed by atoms with Crippen LogP contribution in [-0.4, -0.2) is 46.9 Å². The monoisotopic (exact) mass is 820 g/mol. The van der Waals surface area contributed by atoms with E-state index < -0.39 is 18.2 Å². The molecule has 0 saturated carbocycles. The second-order valence-corrected chi connectivity index (χ2v) is 17.9. The minimum atomic E-state index is -0.783. The molecule has 344 valence electrons. The summed E-state index contributed by atoms with van der Waals surface area (Å²) in [5.41, 5.74) is 0. The van der Waals surface area contributed by atoms with Crippen LogP contribution in [0.2, 0.25) is 0 Å². The average molecular weight is 820 g/mol. The molecule has 0 radical (unpaired) electrons. The Labute approximate surface area is 361 Å². The van der Waals surface area contributed by atoms with Crippen molar-refractivity contribution in [2.45, 2.75) is 302 Å². The molecule has 3 N–H and O–H groups in total. The molecule has 1 amide bonds. The molecule has 0 aromatic rings. The van der Waals surface area contributed by atoms with Crippen molar-refractivity contribution < 1.29 is 24.5 Å². The van der Waals surface area contributed by atoms with E-state index >= 15 is 0 Å². The van der Waals surface area contributed by atoms with Crippen molar-refractivity contribution in [1.82, 2.24) is 5.32 Å². The molecule has 0 aromatic heterocycles. The van der Waals surface area contributed by atoms with Gasteiger partial charge in [0, 0.05) is 6.42 Å². The molecule has 3 atom stereocenters. The Kier molecular flexibility index (Phi) is 45.5. The number of carbonyl (C=O) groups is 2. The van der Waals surface area contributed by atoms with Crippen molar-refractivity contribution >= 4 is 11.9 Å². The molecule has 0 saturated heterocycles. The van der Waals surface area contributed by atoms with Gasteiger partial charge >= 0.3 is 5.97 Å². The number of ether oxygens (including phenoxy) is 1. The van der Waals surface area contributed by atoms with Crippen molar-refractivity contribution in [2.75, 3.05) is 6.61 Å². The fourth-order valence-corrected chi connectivity index (χ4v) is 8.13. The molecule has 3 unspecified atom stereocenters. The highest BCUT2D eigenvalue weighted by atomic mass is 16.5. The Hall–Kier alpha value is -1.40. The van der Waals surface area contributed by atoms with Gasteiger partial charge in [0.05, 0.1) is 25.2 Å². The molecule has 0 rings (SSSR count). The summed E-state index contributed by atoms with van der Waals surface area (Å²) in [7, 11) is 0. The number of hydrogen-bond donors (Lipinski definition) is 3. The smallest absolute Gasteiger partial charge is 0.306 e. The molecule has 6 nitrogen and oxygen atoms in total. The normalized spacial score (nSPS) is 13.3. The molecule has 6 heteroatoms. The summed E-state index contributed by atoms with van der Waals surface area (Å²) in [6, 6.07) is -0.696. The van der Waals surface area contributed by atoms with Crippen molar-refractivity contribution in [1.29, 1.82) is 0 Å². The Bertz CT molecular complexity index is 878. The van der Waals surface area contributed by atoms with E-state index in [4.69, 9.17) is 4.74 Å².